The van der Waals surface area contributed by atoms with Crippen LogP contribution in [-0.4, -0.2) is 17.6 Å². The first kappa shape index (κ1) is 12.3. The summed E-state index contributed by atoms with van der Waals surface area (Å²) in [7, 11) is 0. The van der Waals surface area contributed by atoms with Crippen LogP contribution >= 0.6 is 11.3 Å². The number of anilines is 2. The van der Waals surface area contributed by atoms with Crippen molar-refractivity contribution in [3.63, 3.8) is 0 Å². The average Bonchev–Trinajstić information content (AvgIpc) is 3.00. The maximum Gasteiger partial charge on any atom is 0.190 e. The summed E-state index contributed by atoms with van der Waals surface area (Å²) >= 11 is 1.64. The molecule has 0 saturated heterocycles. The molecule has 5 heteroatoms. The second kappa shape index (κ2) is 4.82. The second-order valence-corrected chi connectivity index (χ2v) is 6.29. The summed E-state index contributed by atoms with van der Waals surface area (Å²) in [6, 6.07) is 5.73. The highest BCUT2D eigenvalue weighted by Crippen LogP contribution is 2.36. The fourth-order valence-electron chi connectivity index (χ4n) is 2.59. The van der Waals surface area contributed by atoms with Crippen molar-refractivity contribution in [2.75, 3.05) is 11.4 Å². The van der Waals surface area contributed by atoms with Crippen molar-refractivity contribution in [2.45, 2.75) is 31.8 Å². The van der Waals surface area contributed by atoms with Gasteiger partial charge in [-0.05, 0) is 37.0 Å². The fourth-order valence-corrected chi connectivity index (χ4v) is 3.45. The van der Waals surface area contributed by atoms with Gasteiger partial charge in [0.15, 0.2) is 5.13 Å². The van der Waals surface area contributed by atoms with E-state index >= 15 is 0 Å². The van der Waals surface area contributed by atoms with Gasteiger partial charge in [0, 0.05) is 30.2 Å². The number of benzene rings is 1. The fraction of sp³-hybridized carbons (Fsp3) is 0.400. The van der Waals surface area contributed by atoms with E-state index in [1.165, 1.54) is 24.5 Å². The molecule has 0 atom stereocenters. The van der Waals surface area contributed by atoms with Gasteiger partial charge in [0.1, 0.15) is 5.82 Å². The molecule has 4 rings (SSSR count). The second-order valence-electron chi connectivity index (χ2n) is 5.45. The van der Waals surface area contributed by atoms with Gasteiger partial charge in [0.05, 0.1) is 5.69 Å². The lowest BCUT2D eigenvalue weighted by Gasteiger charge is -2.15. The van der Waals surface area contributed by atoms with Crippen molar-refractivity contribution in [1.82, 2.24) is 10.3 Å². The van der Waals surface area contributed by atoms with Crippen LogP contribution in [0, 0.1) is 5.82 Å². The Hall–Kier alpha value is -1.46. The van der Waals surface area contributed by atoms with Crippen molar-refractivity contribution in [3.05, 3.63) is 40.7 Å². The van der Waals surface area contributed by atoms with Crippen LogP contribution in [0.4, 0.5) is 15.2 Å². The molecule has 2 aliphatic rings. The Kier molecular flexibility index (Phi) is 2.97. The number of fused-ring (bicyclic) bond motifs is 1. The van der Waals surface area contributed by atoms with Crippen LogP contribution in [0.1, 0.15) is 24.1 Å². The molecular weight excluding hydrogens is 273 g/mol. The summed E-state index contributed by atoms with van der Waals surface area (Å²) < 4.78 is 13.4. The number of hydrogen-bond acceptors (Lipinski definition) is 4. The van der Waals surface area contributed by atoms with Crippen LogP contribution < -0.4 is 10.2 Å². The van der Waals surface area contributed by atoms with E-state index in [4.69, 9.17) is 0 Å². The minimum atomic E-state index is -0.178. The first-order valence-electron chi connectivity index (χ1n) is 7.03. The number of nitrogens with zero attached hydrogens (tertiary/aromatic N) is 2. The van der Waals surface area contributed by atoms with E-state index in [0.717, 1.165) is 36.0 Å². The zero-order valence-electron chi connectivity index (χ0n) is 11.1. The Bertz CT molecular complexity index is 636. The third kappa shape index (κ3) is 2.31. The van der Waals surface area contributed by atoms with E-state index in [1.54, 1.807) is 17.4 Å². The summed E-state index contributed by atoms with van der Waals surface area (Å²) in [5, 5.41) is 6.54. The molecule has 0 unspecified atom stereocenters. The number of hydrogen-bond donors (Lipinski definition) is 1. The zero-order chi connectivity index (χ0) is 13.5. The molecular formula is C15H16FN3S. The lowest BCUT2D eigenvalue weighted by atomic mass is 10.2. The van der Waals surface area contributed by atoms with Gasteiger partial charge in [0.25, 0.3) is 0 Å². The first-order valence-corrected chi connectivity index (χ1v) is 7.91. The topological polar surface area (TPSA) is 28.2 Å². The largest absolute Gasteiger partial charge is 0.317 e. The van der Waals surface area contributed by atoms with Crippen LogP contribution in [0.25, 0.3) is 0 Å². The summed E-state index contributed by atoms with van der Waals surface area (Å²) in [6.45, 7) is 1.73. The van der Waals surface area contributed by atoms with Gasteiger partial charge < -0.3 is 10.2 Å². The summed E-state index contributed by atoms with van der Waals surface area (Å²) in [6.07, 6.45) is 3.54. The highest BCUT2D eigenvalue weighted by atomic mass is 32.1. The maximum absolute atomic E-state index is 13.4. The molecule has 104 valence electrons. The van der Waals surface area contributed by atoms with Gasteiger partial charge in [-0.2, -0.15) is 0 Å². The Morgan fingerprint density at radius 3 is 3.15 bits per heavy atom. The molecule has 2 aromatic rings. The molecule has 1 aliphatic heterocycles. The standard InChI is InChI=1S/C15H16FN3S/c16-11-2-1-10-5-6-19(14(10)7-11)15-18-13(9-20-15)8-17-12-3-4-12/h1-2,7,9,12,17H,3-6,8H2. The Labute approximate surface area is 121 Å². The third-order valence-corrected chi connectivity index (χ3v) is 4.78. The number of thiazole rings is 1. The van der Waals surface area contributed by atoms with Gasteiger partial charge in [-0.1, -0.05) is 6.07 Å². The summed E-state index contributed by atoms with van der Waals surface area (Å²) in [5.74, 6) is -0.178. The molecule has 0 bridgehead atoms. The molecule has 1 aliphatic carbocycles. The Morgan fingerprint density at radius 2 is 2.30 bits per heavy atom. The highest BCUT2D eigenvalue weighted by Gasteiger charge is 2.24. The summed E-state index contributed by atoms with van der Waals surface area (Å²) in [5.41, 5.74) is 3.27. The quantitative estimate of drug-likeness (QED) is 0.936. The van der Waals surface area contributed by atoms with Crippen molar-refractivity contribution in [1.29, 1.82) is 0 Å². The van der Waals surface area contributed by atoms with Gasteiger partial charge in [-0.3, -0.25) is 0 Å². The SMILES string of the molecule is Fc1ccc2c(c1)N(c1nc(CNC3CC3)cs1)CC2. The molecule has 1 N–H and O–H groups in total. The van der Waals surface area contributed by atoms with Gasteiger partial charge >= 0.3 is 0 Å². The monoisotopic (exact) mass is 289 g/mol. The van der Waals surface area contributed by atoms with Crippen LogP contribution in [0.3, 0.4) is 0 Å². The van der Waals surface area contributed by atoms with E-state index in [9.17, 15) is 4.39 Å². The molecule has 1 aromatic heterocycles. The molecule has 20 heavy (non-hydrogen) atoms. The van der Waals surface area contributed by atoms with E-state index < -0.39 is 0 Å². The molecule has 0 radical (unpaired) electrons. The number of halogens is 1. The predicted molar refractivity (Wildman–Crippen MR) is 79.1 cm³/mol. The van der Waals surface area contributed by atoms with Crippen molar-refractivity contribution >= 4 is 22.2 Å². The van der Waals surface area contributed by atoms with Crippen LogP contribution in [0.15, 0.2) is 23.6 Å². The normalized spacial score (nSPS) is 17.6. The number of nitrogens with one attached hydrogen (secondary N) is 1. The van der Waals surface area contributed by atoms with Crippen molar-refractivity contribution < 1.29 is 4.39 Å². The zero-order valence-corrected chi connectivity index (χ0v) is 11.9. The molecule has 0 spiro atoms. The van der Waals surface area contributed by atoms with Crippen LogP contribution in [0.2, 0.25) is 0 Å². The molecule has 2 heterocycles. The lowest BCUT2D eigenvalue weighted by Crippen LogP contribution is -2.16. The molecule has 1 aromatic carbocycles. The van der Waals surface area contributed by atoms with E-state index in [0.29, 0.717) is 6.04 Å². The maximum atomic E-state index is 13.4. The van der Waals surface area contributed by atoms with Gasteiger partial charge in [-0.15, -0.1) is 11.3 Å². The van der Waals surface area contributed by atoms with Crippen molar-refractivity contribution in [3.8, 4) is 0 Å². The molecule has 1 fully saturated rings. The van der Waals surface area contributed by atoms with Crippen LogP contribution in [-0.2, 0) is 13.0 Å². The van der Waals surface area contributed by atoms with Crippen LogP contribution in [0.5, 0.6) is 0 Å². The van der Waals surface area contributed by atoms with Crippen molar-refractivity contribution in [2.24, 2.45) is 0 Å². The summed E-state index contributed by atoms with van der Waals surface area (Å²) in [4.78, 5) is 6.81. The minimum Gasteiger partial charge on any atom is -0.317 e. The minimum absolute atomic E-state index is 0.178. The first-order chi connectivity index (χ1) is 9.79. The predicted octanol–water partition coefficient (Wildman–Crippen LogP) is 3.23. The van der Waals surface area contributed by atoms with Gasteiger partial charge in [-0.25, -0.2) is 9.37 Å². The van der Waals surface area contributed by atoms with Gasteiger partial charge in [0.2, 0.25) is 0 Å². The Balaban J connectivity index is 1.55. The van der Waals surface area contributed by atoms with E-state index in [-0.39, 0.29) is 5.82 Å². The molecule has 1 saturated carbocycles. The molecule has 3 nitrogen and oxygen atoms in total. The number of rotatable bonds is 4. The smallest absolute Gasteiger partial charge is 0.190 e. The number of aromatic nitrogens is 1. The molecule has 0 amide bonds. The third-order valence-electron chi connectivity index (χ3n) is 3.86. The highest BCUT2D eigenvalue weighted by molar-refractivity contribution is 7.13. The van der Waals surface area contributed by atoms with E-state index in [1.807, 2.05) is 6.07 Å². The Morgan fingerprint density at radius 1 is 1.40 bits per heavy atom. The van der Waals surface area contributed by atoms with E-state index in [2.05, 4.69) is 20.6 Å². The average molecular weight is 289 g/mol. The lowest BCUT2D eigenvalue weighted by molar-refractivity contribution is 0.628.